The van der Waals surface area contributed by atoms with Gasteiger partial charge in [0.2, 0.25) is 15.8 Å². The molecule has 0 radical (unpaired) electrons. The van der Waals surface area contributed by atoms with Crippen LogP contribution in [0.2, 0.25) is 0 Å². The number of benzene rings is 2. The molecule has 0 saturated carbocycles. The summed E-state index contributed by atoms with van der Waals surface area (Å²) in [7, 11) is -3.78. The number of nitro benzene ring substituents is 1. The van der Waals surface area contributed by atoms with Gasteiger partial charge in [-0.15, -0.1) is 0 Å². The number of nitrogens with zero attached hydrogens (tertiary/aromatic N) is 4. The second kappa shape index (κ2) is 8.44. The van der Waals surface area contributed by atoms with Gasteiger partial charge in [0.15, 0.2) is 12.4 Å². The van der Waals surface area contributed by atoms with Crippen LogP contribution < -0.4 is 4.74 Å². The largest absolute Gasteiger partial charge is 0.477 e. The molecule has 2 heterocycles. The molecule has 4 rings (SSSR count). The summed E-state index contributed by atoms with van der Waals surface area (Å²) in [4.78, 5) is 15.0. The van der Waals surface area contributed by atoms with Gasteiger partial charge >= 0.3 is 5.69 Å². The van der Waals surface area contributed by atoms with Crippen LogP contribution in [0.1, 0.15) is 24.3 Å². The molecular formula is C20H20N4O6S. The molecule has 0 bridgehead atoms. The zero-order valence-corrected chi connectivity index (χ0v) is 17.5. The Hall–Kier alpha value is -3.31. The molecule has 0 aliphatic carbocycles. The van der Waals surface area contributed by atoms with Crippen molar-refractivity contribution in [2.75, 3.05) is 13.1 Å². The molecule has 162 valence electrons. The van der Waals surface area contributed by atoms with E-state index in [1.165, 1.54) is 16.4 Å². The van der Waals surface area contributed by atoms with Crippen LogP contribution in [0.5, 0.6) is 5.75 Å². The molecule has 0 unspecified atom stereocenters. The van der Waals surface area contributed by atoms with Crippen molar-refractivity contribution in [2.24, 2.45) is 0 Å². The van der Waals surface area contributed by atoms with E-state index in [2.05, 4.69) is 10.1 Å². The Labute approximate surface area is 178 Å². The number of rotatable bonds is 7. The van der Waals surface area contributed by atoms with E-state index in [0.29, 0.717) is 18.9 Å². The fourth-order valence-corrected chi connectivity index (χ4v) is 4.92. The number of hydrogen-bond donors (Lipinski definition) is 0. The Kier molecular flexibility index (Phi) is 5.70. The highest BCUT2D eigenvalue weighted by Crippen LogP contribution is 2.32. The van der Waals surface area contributed by atoms with E-state index < -0.39 is 20.6 Å². The van der Waals surface area contributed by atoms with Crippen molar-refractivity contribution in [1.82, 2.24) is 14.4 Å². The Morgan fingerprint density at radius 2 is 1.94 bits per heavy atom. The summed E-state index contributed by atoms with van der Waals surface area (Å²) >= 11 is 0. The van der Waals surface area contributed by atoms with Gasteiger partial charge in [0.05, 0.1) is 9.82 Å². The minimum Gasteiger partial charge on any atom is -0.477 e. The van der Waals surface area contributed by atoms with Crippen LogP contribution in [0.4, 0.5) is 5.69 Å². The number of nitro groups is 1. The summed E-state index contributed by atoms with van der Waals surface area (Å²) in [5.41, 5.74) is 1.33. The average Bonchev–Trinajstić information content (AvgIpc) is 3.45. The lowest BCUT2D eigenvalue weighted by atomic mass is 10.1. The van der Waals surface area contributed by atoms with E-state index in [4.69, 9.17) is 9.26 Å². The zero-order valence-electron chi connectivity index (χ0n) is 16.7. The highest BCUT2D eigenvalue weighted by molar-refractivity contribution is 7.89. The fraction of sp³-hybridized carbons (Fsp3) is 0.300. The first-order valence-corrected chi connectivity index (χ1v) is 11.1. The van der Waals surface area contributed by atoms with Crippen molar-refractivity contribution in [3.8, 4) is 17.1 Å². The molecular weight excluding hydrogens is 424 g/mol. The lowest BCUT2D eigenvalue weighted by Crippen LogP contribution is -2.27. The first-order valence-electron chi connectivity index (χ1n) is 9.66. The monoisotopic (exact) mass is 444 g/mol. The van der Waals surface area contributed by atoms with Gasteiger partial charge in [-0.05, 0) is 37.5 Å². The molecule has 1 saturated heterocycles. The minimum absolute atomic E-state index is 0.0824. The van der Waals surface area contributed by atoms with Crippen LogP contribution in [0.25, 0.3) is 11.4 Å². The number of aryl methyl sites for hydroxylation is 1. The topological polar surface area (TPSA) is 129 Å². The molecule has 3 aromatic rings. The number of ether oxygens (including phenoxy) is 1. The second-order valence-electron chi connectivity index (χ2n) is 7.11. The van der Waals surface area contributed by atoms with Gasteiger partial charge in [0.1, 0.15) is 0 Å². The minimum atomic E-state index is -3.78. The summed E-state index contributed by atoms with van der Waals surface area (Å²) in [6, 6.07) is 11.1. The predicted molar refractivity (Wildman–Crippen MR) is 110 cm³/mol. The first-order chi connectivity index (χ1) is 14.9. The molecule has 31 heavy (non-hydrogen) atoms. The van der Waals surface area contributed by atoms with Crippen molar-refractivity contribution < 1.29 is 22.6 Å². The third-order valence-corrected chi connectivity index (χ3v) is 6.93. The van der Waals surface area contributed by atoms with Crippen LogP contribution in [0, 0.1) is 17.0 Å². The van der Waals surface area contributed by atoms with E-state index >= 15 is 0 Å². The lowest BCUT2D eigenvalue weighted by molar-refractivity contribution is -0.386. The molecule has 0 amide bonds. The first kappa shape index (κ1) is 20.9. The normalized spacial score (nSPS) is 14.6. The van der Waals surface area contributed by atoms with Gasteiger partial charge in [-0.3, -0.25) is 10.1 Å². The number of aromatic nitrogens is 2. The Balaban J connectivity index is 1.54. The van der Waals surface area contributed by atoms with Gasteiger partial charge in [-0.1, -0.05) is 29.4 Å². The SMILES string of the molecule is Cc1ccccc1-c1noc(COc2ccc(S(=O)(=O)N3CCCC3)cc2[N+](=O)[O-])n1. The van der Waals surface area contributed by atoms with Crippen LogP contribution in [0.3, 0.4) is 0 Å². The Morgan fingerprint density at radius 3 is 2.65 bits per heavy atom. The maximum atomic E-state index is 12.7. The fourth-order valence-electron chi connectivity index (χ4n) is 3.39. The van der Waals surface area contributed by atoms with Crippen LogP contribution in [0.15, 0.2) is 51.9 Å². The molecule has 2 aromatic carbocycles. The number of hydrogen-bond acceptors (Lipinski definition) is 8. The van der Waals surface area contributed by atoms with Crippen LogP contribution in [-0.4, -0.2) is 40.9 Å². The second-order valence-corrected chi connectivity index (χ2v) is 9.05. The quantitative estimate of drug-likeness (QED) is 0.401. The highest BCUT2D eigenvalue weighted by Gasteiger charge is 2.30. The Bertz CT molecular complexity index is 1220. The third-order valence-electron chi connectivity index (χ3n) is 5.04. The maximum absolute atomic E-state index is 12.7. The summed E-state index contributed by atoms with van der Waals surface area (Å²) in [6.45, 7) is 2.55. The number of sulfonamides is 1. The smallest absolute Gasteiger partial charge is 0.312 e. The van der Waals surface area contributed by atoms with Gasteiger partial charge in [-0.25, -0.2) is 8.42 Å². The van der Waals surface area contributed by atoms with Crippen molar-refractivity contribution in [1.29, 1.82) is 0 Å². The lowest BCUT2D eigenvalue weighted by Gasteiger charge is -2.15. The van der Waals surface area contributed by atoms with Crippen LogP contribution in [-0.2, 0) is 16.6 Å². The Morgan fingerprint density at radius 1 is 1.19 bits per heavy atom. The molecule has 1 aliphatic heterocycles. The van der Waals surface area contributed by atoms with Gasteiger partial charge in [0.25, 0.3) is 5.89 Å². The van der Waals surface area contributed by atoms with Crippen molar-refractivity contribution in [3.63, 3.8) is 0 Å². The molecule has 1 aliphatic rings. The third kappa shape index (κ3) is 4.28. The summed E-state index contributed by atoms with van der Waals surface area (Å²) in [5, 5.41) is 15.4. The highest BCUT2D eigenvalue weighted by atomic mass is 32.2. The van der Waals surface area contributed by atoms with Crippen molar-refractivity contribution in [2.45, 2.75) is 31.3 Å². The average molecular weight is 444 g/mol. The maximum Gasteiger partial charge on any atom is 0.312 e. The van der Waals surface area contributed by atoms with E-state index in [1.54, 1.807) is 0 Å². The van der Waals surface area contributed by atoms with E-state index in [9.17, 15) is 18.5 Å². The van der Waals surface area contributed by atoms with E-state index in [0.717, 1.165) is 30.0 Å². The summed E-state index contributed by atoms with van der Waals surface area (Å²) in [5.74, 6) is 0.445. The van der Waals surface area contributed by atoms with Crippen molar-refractivity contribution in [3.05, 3.63) is 64.0 Å². The molecule has 1 aromatic heterocycles. The zero-order chi connectivity index (χ0) is 22.0. The van der Waals surface area contributed by atoms with E-state index in [1.807, 2.05) is 31.2 Å². The molecule has 0 atom stereocenters. The molecule has 11 heteroatoms. The molecule has 10 nitrogen and oxygen atoms in total. The van der Waals surface area contributed by atoms with Gasteiger partial charge < -0.3 is 9.26 Å². The van der Waals surface area contributed by atoms with Gasteiger partial charge in [0, 0.05) is 24.7 Å². The molecule has 0 N–H and O–H groups in total. The standard InChI is InChI=1S/C20H20N4O6S/c1-14-6-2-3-7-16(14)20-21-19(30-22-20)13-29-18-9-8-15(12-17(18)24(25)26)31(27,28)23-10-4-5-11-23/h2-3,6-9,12H,4-5,10-11,13H2,1H3. The van der Waals surface area contributed by atoms with Crippen molar-refractivity contribution >= 4 is 15.7 Å². The summed E-state index contributed by atoms with van der Waals surface area (Å²) in [6.07, 6.45) is 1.55. The molecule has 0 spiro atoms. The molecule has 1 fully saturated rings. The van der Waals surface area contributed by atoms with Crippen LogP contribution >= 0.6 is 0 Å². The van der Waals surface area contributed by atoms with E-state index in [-0.39, 0.29) is 23.1 Å². The summed E-state index contributed by atoms with van der Waals surface area (Å²) < 4.78 is 37.4. The predicted octanol–water partition coefficient (Wildman–Crippen LogP) is 3.32. The van der Waals surface area contributed by atoms with Gasteiger partial charge in [-0.2, -0.15) is 9.29 Å².